The summed E-state index contributed by atoms with van der Waals surface area (Å²) in [5.41, 5.74) is 1.20. The van der Waals surface area contributed by atoms with E-state index in [0.29, 0.717) is 6.42 Å². The summed E-state index contributed by atoms with van der Waals surface area (Å²) in [4.78, 5) is 2.28. The predicted octanol–water partition coefficient (Wildman–Crippen LogP) is 1.86. The van der Waals surface area contributed by atoms with Crippen molar-refractivity contribution in [3.05, 3.63) is 23.8 Å². The number of rotatable bonds is 4. The first-order valence-corrected chi connectivity index (χ1v) is 8.19. The standard InChI is InChI=1S/C16H26N6O/c1-12-10-21(7-8-23-12)15-20-19-14(9-13-5-6-17-18-13)22(15)11-16(2,3)4/h5-6,12H,7-11H2,1-4H3,(H,17,18)/t12-/m0/s1. The van der Waals surface area contributed by atoms with Gasteiger partial charge in [0.25, 0.3) is 0 Å². The molecule has 2 aromatic heterocycles. The zero-order valence-electron chi connectivity index (χ0n) is 14.4. The highest BCUT2D eigenvalue weighted by Crippen LogP contribution is 2.24. The maximum atomic E-state index is 5.65. The second-order valence-corrected chi connectivity index (χ2v) is 7.45. The smallest absolute Gasteiger partial charge is 0.227 e. The lowest BCUT2D eigenvalue weighted by Crippen LogP contribution is -2.42. The molecule has 3 rings (SSSR count). The van der Waals surface area contributed by atoms with Crippen LogP contribution in [0.25, 0.3) is 0 Å². The van der Waals surface area contributed by atoms with Crippen LogP contribution in [-0.2, 0) is 17.7 Å². The normalized spacial score (nSPS) is 19.3. The molecule has 0 bridgehead atoms. The fourth-order valence-corrected chi connectivity index (χ4v) is 2.88. The minimum atomic E-state index is 0.151. The van der Waals surface area contributed by atoms with E-state index in [4.69, 9.17) is 4.74 Å². The van der Waals surface area contributed by atoms with Crippen molar-refractivity contribution in [2.45, 2.75) is 46.8 Å². The summed E-state index contributed by atoms with van der Waals surface area (Å²) in [6.45, 7) is 12.1. The molecule has 0 spiro atoms. The first-order chi connectivity index (χ1) is 10.9. The molecular formula is C16H26N6O. The van der Waals surface area contributed by atoms with E-state index in [1.807, 2.05) is 6.07 Å². The van der Waals surface area contributed by atoms with Gasteiger partial charge in [0.05, 0.1) is 12.7 Å². The van der Waals surface area contributed by atoms with E-state index in [-0.39, 0.29) is 11.5 Å². The summed E-state index contributed by atoms with van der Waals surface area (Å²) in [5, 5.41) is 16.0. The van der Waals surface area contributed by atoms with Gasteiger partial charge < -0.3 is 9.64 Å². The topological polar surface area (TPSA) is 71.9 Å². The zero-order valence-corrected chi connectivity index (χ0v) is 14.4. The maximum Gasteiger partial charge on any atom is 0.227 e. The molecular weight excluding hydrogens is 292 g/mol. The molecule has 23 heavy (non-hydrogen) atoms. The van der Waals surface area contributed by atoms with Crippen LogP contribution >= 0.6 is 0 Å². The Morgan fingerprint density at radius 1 is 1.35 bits per heavy atom. The van der Waals surface area contributed by atoms with Crippen LogP contribution in [0.3, 0.4) is 0 Å². The summed E-state index contributed by atoms with van der Waals surface area (Å²) < 4.78 is 7.90. The summed E-state index contributed by atoms with van der Waals surface area (Å²) in [6, 6.07) is 1.98. The fourth-order valence-electron chi connectivity index (χ4n) is 2.88. The van der Waals surface area contributed by atoms with E-state index < -0.39 is 0 Å². The molecule has 0 aromatic carbocycles. The van der Waals surface area contributed by atoms with Crippen LogP contribution in [0.2, 0.25) is 0 Å². The number of ether oxygens (including phenoxy) is 1. The largest absolute Gasteiger partial charge is 0.375 e. The second kappa shape index (κ2) is 6.31. The van der Waals surface area contributed by atoms with Crippen LogP contribution in [0.4, 0.5) is 5.95 Å². The van der Waals surface area contributed by atoms with E-state index in [2.05, 4.69) is 57.6 Å². The monoisotopic (exact) mass is 318 g/mol. The highest BCUT2D eigenvalue weighted by Gasteiger charge is 2.25. The van der Waals surface area contributed by atoms with Gasteiger partial charge in [-0.15, -0.1) is 10.2 Å². The Morgan fingerprint density at radius 2 is 2.17 bits per heavy atom. The molecule has 0 amide bonds. The minimum Gasteiger partial charge on any atom is -0.375 e. The van der Waals surface area contributed by atoms with Crippen molar-refractivity contribution < 1.29 is 4.74 Å². The minimum absolute atomic E-state index is 0.151. The molecule has 7 heteroatoms. The van der Waals surface area contributed by atoms with Crippen molar-refractivity contribution in [1.82, 2.24) is 25.0 Å². The first-order valence-electron chi connectivity index (χ1n) is 8.19. The molecule has 1 atom stereocenters. The lowest BCUT2D eigenvalue weighted by Gasteiger charge is -2.33. The van der Waals surface area contributed by atoms with Crippen molar-refractivity contribution in [2.24, 2.45) is 5.41 Å². The summed E-state index contributed by atoms with van der Waals surface area (Å²) in [7, 11) is 0. The van der Waals surface area contributed by atoms with Gasteiger partial charge in [0.1, 0.15) is 5.82 Å². The molecule has 1 aliphatic rings. The van der Waals surface area contributed by atoms with Crippen LogP contribution in [-0.4, -0.2) is 50.8 Å². The quantitative estimate of drug-likeness (QED) is 0.931. The third kappa shape index (κ3) is 3.90. The molecule has 0 aliphatic carbocycles. The van der Waals surface area contributed by atoms with Crippen LogP contribution in [0.15, 0.2) is 12.3 Å². The zero-order chi connectivity index (χ0) is 16.4. The summed E-state index contributed by atoms with van der Waals surface area (Å²) in [5.74, 6) is 1.92. The third-order valence-corrected chi connectivity index (χ3v) is 3.87. The van der Waals surface area contributed by atoms with Gasteiger partial charge in [0.15, 0.2) is 0 Å². The van der Waals surface area contributed by atoms with Crippen LogP contribution in [0.1, 0.15) is 39.2 Å². The molecule has 1 N–H and O–H groups in total. The van der Waals surface area contributed by atoms with Crippen molar-refractivity contribution in [3.63, 3.8) is 0 Å². The SMILES string of the molecule is C[C@H]1CN(c2nnc(Cc3ccn[nH]3)n2CC(C)(C)C)CCO1. The van der Waals surface area contributed by atoms with Gasteiger partial charge >= 0.3 is 0 Å². The van der Waals surface area contributed by atoms with Gasteiger partial charge in [-0.2, -0.15) is 5.10 Å². The Kier molecular flexibility index (Phi) is 4.39. The van der Waals surface area contributed by atoms with Gasteiger partial charge in [-0.25, -0.2) is 0 Å². The van der Waals surface area contributed by atoms with Crippen molar-refractivity contribution in [2.75, 3.05) is 24.6 Å². The van der Waals surface area contributed by atoms with E-state index >= 15 is 0 Å². The maximum absolute atomic E-state index is 5.65. The van der Waals surface area contributed by atoms with E-state index in [0.717, 1.165) is 43.7 Å². The number of nitrogens with one attached hydrogen (secondary N) is 1. The Labute approximate surface area is 137 Å². The molecule has 2 aromatic rings. The van der Waals surface area contributed by atoms with E-state index in [1.54, 1.807) is 6.20 Å². The lowest BCUT2D eigenvalue weighted by molar-refractivity contribution is 0.0522. The Morgan fingerprint density at radius 3 is 2.83 bits per heavy atom. The molecule has 0 saturated carbocycles. The van der Waals surface area contributed by atoms with E-state index in [9.17, 15) is 0 Å². The number of hydrogen-bond acceptors (Lipinski definition) is 5. The van der Waals surface area contributed by atoms with Gasteiger partial charge in [0, 0.05) is 37.9 Å². The fraction of sp³-hybridized carbons (Fsp3) is 0.688. The highest BCUT2D eigenvalue weighted by atomic mass is 16.5. The molecule has 1 aliphatic heterocycles. The van der Waals surface area contributed by atoms with Crippen molar-refractivity contribution in [1.29, 1.82) is 0 Å². The number of aromatic nitrogens is 5. The van der Waals surface area contributed by atoms with Crippen LogP contribution in [0, 0.1) is 5.41 Å². The number of H-pyrrole nitrogens is 1. The molecule has 1 saturated heterocycles. The molecule has 0 radical (unpaired) electrons. The molecule has 3 heterocycles. The Hall–Kier alpha value is -1.89. The van der Waals surface area contributed by atoms with Crippen LogP contribution < -0.4 is 4.90 Å². The number of aromatic amines is 1. The molecule has 1 fully saturated rings. The summed E-state index contributed by atoms with van der Waals surface area (Å²) in [6.07, 6.45) is 2.70. The number of anilines is 1. The Bertz CT molecular complexity index is 628. The number of nitrogens with zero attached hydrogens (tertiary/aromatic N) is 5. The van der Waals surface area contributed by atoms with Crippen LogP contribution in [0.5, 0.6) is 0 Å². The first kappa shape index (κ1) is 16.0. The molecule has 126 valence electrons. The summed E-state index contributed by atoms with van der Waals surface area (Å²) >= 11 is 0. The number of morpholine rings is 1. The van der Waals surface area contributed by atoms with Gasteiger partial charge in [0.2, 0.25) is 5.95 Å². The van der Waals surface area contributed by atoms with Gasteiger partial charge in [-0.3, -0.25) is 9.67 Å². The van der Waals surface area contributed by atoms with Gasteiger partial charge in [-0.1, -0.05) is 20.8 Å². The average Bonchev–Trinajstić information content (AvgIpc) is 3.09. The second-order valence-electron chi connectivity index (χ2n) is 7.45. The predicted molar refractivity (Wildman–Crippen MR) is 88.5 cm³/mol. The van der Waals surface area contributed by atoms with Crippen molar-refractivity contribution >= 4 is 5.95 Å². The molecule has 0 unspecified atom stereocenters. The Balaban J connectivity index is 1.90. The van der Waals surface area contributed by atoms with Crippen molar-refractivity contribution in [3.8, 4) is 0 Å². The van der Waals surface area contributed by atoms with E-state index in [1.165, 1.54) is 0 Å². The number of hydrogen-bond donors (Lipinski definition) is 1. The third-order valence-electron chi connectivity index (χ3n) is 3.87. The lowest BCUT2D eigenvalue weighted by atomic mass is 9.97. The molecule has 7 nitrogen and oxygen atoms in total. The van der Waals surface area contributed by atoms with Gasteiger partial charge in [-0.05, 0) is 18.4 Å². The highest BCUT2D eigenvalue weighted by molar-refractivity contribution is 5.33. The average molecular weight is 318 g/mol.